The van der Waals surface area contributed by atoms with Crippen molar-refractivity contribution in [1.29, 1.82) is 0 Å². The van der Waals surface area contributed by atoms with Gasteiger partial charge in [-0.05, 0) is 24.3 Å². The van der Waals surface area contributed by atoms with Gasteiger partial charge in [0, 0.05) is 20.2 Å². The molecule has 2 N–H and O–H groups in total. The van der Waals surface area contributed by atoms with Crippen LogP contribution in [0.4, 0.5) is 0 Å². The van der Waals surface area contributed by atoms with Crippen molar-refractivity contribution in [2.24, 2.45) is 11.7 Å². The number of rotatable bonds is 5. The van der Waals surface area contributed by atoms with Crippen molar-refractivity contribution < 1.29 is 9.53 Å². The Kier molecular flexibility index (Phi) is 5.65. The standard InChI is InChI=1S/C13H24N2O2/c1-10(2)8-12(14)13(16)15-6-4-11(5-7-15)9-17-3/h4,10,12H,5-9,14H2,1-3H3/t12-/m1/s1. The van der Waals surface area contributed by atoms with Crippen molar-refractivity contribution in [3.8, 4) is 0 Å². The van der Waals surface area contributed by atoms with Crippen molar-refractivity contribution in [3.05, 3.63) is 11.6 Å². The van der Waals surface area contributed by atoms with Gasteiger partial charge in [-0.2, -0.15) is 0 Å². The molecule has 0 saturated heterocycles. The van der Waals surface area contributed by atoms with Gasteiger partial charge in [0.2, 0.25) is 5.91 Å². The molecule has 1 aliphatic heterocycles. The van der Waals surface area contributed by atoms with Crippen molar-refractivity contribution in [2.45, 2.75) is 32.7 Å². The maximum Gasteiger partial charge on any atom is 0.239 e. The molecule has 1 atom stereocenters. The van der Waals surface area contributed by atoms with Gasteiger partial charge in [-0.1, -0.05) is 19.9 Å². The first-order valence-corrected chi connectivity index (χ1v) is 6.25. The van der Waals surface area contributed by atoms with Crippen LogP contribution in [-0.4, -0.2) is 43.7 Å². The zero-order valence-electron chi connectivity index (χ0n) is 11.1. The Balaban J connectivity index is 2.45. The lowest BCUT2D eigenvalue weighted by molar-refractivity contribution is -0.132. The number of methoxy groups -OCH3 is 1. The van der Waals surface area contributed by atoms with Gasteiger partial charge in [0.15, 0.2) is 0 Å². The van der Waals surface area contributed by atoms with E-state index >= 15 is 0 Å². The summed E-state index contributed by atoms with van der Waals surface area (Å²) in [5, 5.41) is 0. The largest absolute Gasteiger partial charge is 0.380 e. The van der Waals surface area contributed by atoms with Crippen LogP contribution in [0.3, 0.4) is 0 Å². The Hall–Kier alpha value is -0.870. The zero-order chi connectivity index (χ0) is 12.8. The molecule has 0 aromatic heterocycles. The van der Waals surface area contributed by atoms with E-state index in [4.69, 9.17) is 10.5 Å². The molecule has 0 fully saturated rings. The molecule has 1 rings (SSSR count). The van der Waals surface area contributed by atoms with E-state index < -0.39 is 0 Å². The fraction of sp³-hybridized carbons (Fsp3) is 0.769. The molecular weight excluding hydrogens is 216 g/mol. The Morgan fingerprint density at radius 1 is 1.59 bits per heavy atom. The molecule has 0 unspecified atom stereocenters. The highest BCUT2D eigenvalue weighted by Crippen LogP contribution is 2.13. The maximum absolute atomic E-state index is 12.0. The van der Waals surface area contributed by atoms with Gasteiger partial charge in [0.25, 0.3) is 0 Å². The number of hydrogen-bond donors (Lipinski definition) is 1. The number of carbonyl (C=O) groups is 1. The molecular formula is C13H24N2O2. The molecule has 0 radical (unpaired) electrons. The Morgan fingerprint density at radius 3 is 2.76 bits per heavy atom. The molecule has 1 aliphatic rings. The van der Waals surface area contributed by atoms with E-state index in [9.17, 15) is 4.79 Å². The average molecular weight is 240 g/mol. The molecule has 4 nitrogen and oxygen atoms in total. The van der Waals surface area contributed by atoms with Crippen LogP contribution in [0.25, 0.3) is 0 Å². The van der Waals surface area contributed by atoms with E-state index in [2.05, 4.69) is 19.9 Å². The minimum absolute atomic E-state index is 0.0754. The van der Waals surface area contributed by atoms with Crippen LogP contribution in [0.1, 0.15) is 26.7 Å². The summed E-state index contributed by atoms with van der Waals surface area (Å²) >= 11 is 0. The van der Waals surface area contributed by atoms with Crippen LogP contribution in [-0.2, 0) is 9.53 Å². The minimum Gasteiger partial charge on any atom is -0.380 e. The monoisotopic (exact) mass is 240 g/mol. The van der Waals surface area contributed by atoms with Crippen LogP contribution in [0.2, 0.25) is 0 Å². The highest BCUT2D eigenvalue weighted by Gasteiger charge is 2.23. The number of nitrogens with two attached hydrogens (primary N) is 1. The number of carbonyl (C=O) groups excluding carboxylic acids is 1. The van der Waals surface area contributed by atoms with Crippen LogP contribution in [0, 0.1) is 5.92 Å². The number of hydrogen-bond acceptors (Lipinski definition) is 3. The molecule has 4 heteroatoms. The van der Waals surface area contributed by atoms with E-state index in [0.717, 1.165) is 19.4 Å². The third-order valence-electron chi connectivity index (χ3n) is 2.99. The van der Waals surface area contributed by atoms with Gasteiger partial charge >= 0.3 is 0 Å². The van der Waals surface area contributed by atoms with Crippen molar-refractivity contribution in [2.75, 3.05) is 26.8 Å². The summed E-state index contributed by atoms with van der Waals surface area (Å²) < 4.78 is 5.08. The predicted octanol–water partition coefficient (Wildman–Crippen LogP) is 1.16. The third-order valence-corrected chi connectivity index (χ3v) is 2.99. The summed E-state index contributed by atoms with van der Waals surface area (Å²) in [6, 6.07) is -0.354. The molecule has 0 aromatic rings. The van der Waals surface area contributed by atoms with Gasteiger partial charge in [0.1, 0.15) is 0 Å². The summed E-state index contributed by atoms with van der Waals surface area (Å²) in [5.74, 6) is 0.532. The van der Waals surface area contributed by atoms with Crippen LogP contribution >= 0.6 is 0 Å². The molecule has 1 amide bonds. The van der Waals surface area contributed by atoms with Crippen LogP contribution in [0.15, 0.2) is 11.6 Å². The van der Waals surface area contributed by atoms with E-state index in [1.54, 1.807) is 7.11 Å². The quantitative estimate of drug-likeness (QED) is 0.734. The maximum atomic E-state index is 12.0. The second-order valence-electron chi connectivity index (χ2n) is 5.07. The third kappa shape index (κ3) is 4.48. The van der Waals surface area contributed by atoms with Gasteiger partial charge < -0.3 is 15.4 Å². The van der Waals surface area contributed by atoms with E-state index in [-0.39, 0.29) is 11.9 Å². The molecule has 0 bridgehead atoms. The molecule has 0 aliphatic carbocycles. The molecule has 1 heterocycles. The molecule has 0 saturated carbocycles. The van der Waals surface area contributed by atoms with Gasteiger partial charge in [-0.15, -0.1) is 0 Å². The Morgan fingerprint density at radius 2 is 2.29 bits per heavy atom. The van der Waals surface area contributed by atoms with Crippen molar-refractivity contribution in [3.63, 3.8) is 0 Å². The van der Waals surface area contributed by atoms with Gasteiger partial charge in [-0.3, -0.25) is 4.79 Å². The normalized spacial score (nSPS) is 18.2. The summed E-state index contributed by atoms with van der Waals surface area (Å²) in [7, 11) is 1.69. The first kappa shape index (κ1) is 14.2. The fourth-order valence-corrected chi connectivity index (χ4v) is 2.07. The molecule has 98 valence electrons. The zero-order valence-corrected chi connectivity index (χ0v) is 11.1. The van der Waals surface area contributed by atoms with Crippen molar-refractivity contribution in [1.82, 2.24) is 4.90 Å². The summed E-state index contributed by atoms with van der Waals surface area (Å²) in [4.78, 5) is 13.9. The smallest absolute Gasteiger partial charge is 0.239 e. The Labute approximate surface area is 104 Å². The van der Waals surface area contributed by atoms with Gasteiger partial charge in [-0.25, -0.2) is 0 Å². The fourth-order valence-electron chi connectivity index (χ4n) is 2.07. The lowest BCUT2D eigenvalue weighted by atomic mass is 10.0. The van der Waals surface area contributed by atoms with E-state index in [0.29, 0.717) is 19.1 Å². The number of nitrogens with zero attached hydrogens (tertiary/aromatic N) is 1. The highest BCUT2D eigenvalue weighted by atomic mass is 16.5. The minimum atomic E-state index is -0.354. The number of amides is 1. The van der Waals surface area contributed by atoms with E-state index in [1.807, 2.05) is 4.90 Å². The first-order valence-electron chi connectivity index (χ1n) is 6.25. The van der Waals surface area contributed by atoms with Crippen LogP contribution < -0.4 is 5.73 Å². The summed E-state index contributed by atoms with van der Waals surface area (Å²) in [6.07, 6.45) is 3.73. The predicted molar refractivity (Wildman–Crippen MR) is 68.6 cm³/mol. The lowest BCUT2D eigenvalue weighted by Gasteiger charge is -2.29. The average Bonchev–Trinajstić information content (AvgIpc) is 2.28. The van der Waals surface area contributed by atoms with E-state index in [1.165, 1.54) is 5.57 Å². The second kappa shape index (κ2) is 6.77. The molecule has 17 heavy (non-hydrogen) atoms. The van der Waals surface area contributed by atoms with Crippen LogP contribution in [0.5, 0.6) is 0 Å². The Bertz CT molecular complexity index is 287. The summed E-state index contributed by atoms with van der Waals surface area (Å²) in [5.41, 5.74) is 7.18. The second-order valence-corrected chi connectivity index (χ2v) is 5.07. The first-order chi connectivity index (χ1) is 8.04. The SMILES string of the molecule is COCC1=CCN(C(=O)[C@H](N)CC(C)C)CC1. The molecule has 0 aromatic carbocycles. The summed E-state index contributed by atoms with van der Waals surface area (Å²) in [6.45, 7) is 6.27. The molecule has 0 spiro atoms. The van der Waals surface area contributed by atoms with Gasteiger partial charge in [0.05, 0.1) is 12.6 Å². The topological polar surface area (TPSA) is 55.6 Å². The number of ether oxygens (including phenoxy) is 1. The highest BCUT2D eigenvalue weighted by molar-refractivity contribution is 5.82. The van der Waals surface area contributed by atoms with Crippen molar-refractivity contribution >= 4 is 5.91 Å². The lowest BCUT2D eigenvalue weighted by Crippen LogP contribution is -2.46.